The molecule has 0 aliphatic carbocycles. The molecule has 0 aromatic heterocycles. The van der Waals surface area contributed by atoms with Crippen molar-refractivity contribution in [1.82, 2.24) is 0 Å². The van der Waals surface area contributed by atoms with E-state index in [4.69, 9.17) is 9.16 Å². The average molecular weight is 162 g/mol. The van der Waals surface area contributed by atoms with Gasteiger partial charge in [-0.05, 0) is 12.8 Å². The van der Waals surface area contributed by atoms with Crippen molar-refractivity contribution in [3.05, 3.63) is 0 Å². The maximum atomic E-state index is 5.39. The van der Waals surface area contributed by atoms with Crippen LogP contribution in [0, 0.1) is 0 Å². The molecule has 1 unspecified atom stereocenters. The van der Waals surface area contributed by atoms with Gasteiger partial charge in [0, 0.05) is 0 Å². The first kappa shape index (κ1) is 10.1. The van der Waals surface area contributed by atoms with E-state index in [-0.39, 0.29) is 0 Å². The predicted molar refractivity (Wildman–Crippen MR) is 46.0 cm³/mol. The molecule has 3 heteroatoms. The molecule has 1 atom stereocenters. The van der Waals surface area contributed by atoms with Crippen LogP contribution in [-0.2, 0) is 9.16 Å². The summed E-state index contributed by atoms with van der Waals surface area (Å²) in [6.45, 7) is 4.81. The molecule has 0 spiro atoms. The van der Waals surface area contributed by atoms with Crippen molar-refractivity contribution in [2.75, 3.05) is 6.79 Å². The predicted octanol–water partition coefficient (Wildman–Crippen LogP) is 0.836. The zero-order valence-corrected chi connectivity index (χ0v) is 9.22. The van der Waals surface area contributed by atoms with Gasteiger partial charge in [0.1, 0.15) is 17.3 Å². The van der Waals surface area contributed by atoms with Crippen LogP contribution in [0.15, 0.2) is 0 Å². The normalized spacial score (nSPS) is 13.8. The Labute approximate surface area is 66.5 Å². The highest BCUT2D eigenvalue weighted by molar-refractivity contribution is 5.97. The summed E-state index contributed by atoms with van der Waals surface area (Å²) >= 11 is 0. The van der Waals surface area contributed by atoms with Crippen LogP contribution in [0.25, 0.3) is 0 Å². The minimum atomic E-state index is 0.416. The van der Waals surface area contributed by atoms with Gasteiger partial charge in [0.2, 0.25) is 0 Å². The van der Waals surface area contributed by atoms with Crippen molar-refractivity contribution in [3.8, 4) is 0 Å². The van der Waals surface area contributed by atoms with Gasteiger partial charge in [0.25, 0.3) is 0 Å². The standard InChI is InChI=1S/C7H18O2Si/c1-3-5-7(4-2)8-6-9-10/h7H,3-6H2,1-2,10H3. The molecule has 0 heterocycles. The lowest BCUT2D eigenvalue weighted by Gasteiger charge is -2.13. The molecule has 0 N–H and O–H groups in total. The molecule has 0 amide bonds. The first-order valence-corrected chi connectivity index (χ1v) is 4.77. The molecule has 0 fully saturated rings. The second-order valence-corrected chi connectivity index (χ2v) is 2.97. The largest absolute Gasteiger partial charge is 0.406 e. The molecule has 0 aromatic carbocycles. The Morgan fingerprint density at radius 2 is 2.10 bits per heavy atom. The Morgan fingerprint density at radius 1 is 1.40 bits per heavy atom. The van der Waals surface area contributed by atoms with Gasteiger partial charge in [-0.15, -0.1) is 0 Å². The van der Waals surface area contributed by atoms with E-state index >= 15 is 0 Å². The van der Waals surface area contributed by atoms with Crippen molar-refractivity contribution in [2.45, 2.75) is 39.2 Å². The number of hydrogen-bond donors (Lipinski definition) is 0. The first-order chi connectivity index (χ1) is 4.85. The fourth-order valence-electron chi connectivity index (χ4n) is 0.892. The van der Waals surface area contributed by atoms with Gasteiger partial charge in [0.05, 0.1) is 6.10 Å². The van der Waals surface area contributed by atoms with Crippen LogP contribution in [0.1, 0.15) is 33.1 Å². The topological polar surface area (TPSA) is 18.5 Å². The van der Waals surface area contributed by atoms with Gasteiger partial charge >= 0.3 is 0 Å². The van der Waals surface area contributed by atoms with E-state index < -0.39 is 0 Å². The molecular weight excluding hydrogens is 144 g/mol. The van der Waals surface area contributed by atoms with Gasteiger partial charge in [-0.25, -0.2) is 0 Å². The average Bonchev–Trinajstić information content (AvgIpc) is 1.98. The number of ether oxygens (including phenoxy) is 1. The quantitative estimate of drug-likeness (QED) is 0.425. The third-order valence-corrected chi connectivity index (χ3v) is 1.72. The van der Waals surface area contributed by atoms with E-state index in [0.29, 0.717) is 12.9 Å². The lowest BCUT2D eigenvalue weighted by molar-refractivity contribution is -0.0375. The fourth-order valence-corrected chi connectivity index (χ4v) is 1.03. The van der Waals surface area contributed by atoms with Gasteiger partial charge in [-0.2, -0.15) is 0 Å². The van der Waals surface area contributed by atoms with E-state index in [1.165, 1.54) is 6.42 Å². The van der Waals surface area contributed by atoms with Crippen LogP contribution in [0.4, 0.5) is 0 Å². The zero-order chi connectivity index (χ0) is 7.82. The van der Waals surface area contributed by atoms with Gasteiger partial charge in [-0.1, -0.05) is 20.3 Å². The zero-order valence-electron chi connectivity index (χ0n) is 7.22. The SMILES string of the molecule is CCCC(CC)OCO[SiH3]. The minimum absolute atomic E-state index is 0.416. The molecule has 0 aromatic rings. The summed E-state index contributed by atoms with van der Waals surface area (Å²) in [5, 5.41) is 0. The van der Waals surface area contributed by atoms with E-state index in [0.717, 1.165) is 23.3 Å². The molecule has 10 heavy (non-hydrogen) atoms. The molecular formula is C7H18O2Si. The van der Waals surface area contributed by atoms with Crippen LogP contribution in [0.2, 0.25) is 0 Å². The van der Waals surface area contributed by atoms with E-state index in [1.54, 1.807) is 0 Å². The second-order valence-electron chi connectivity index (χ2n) is 2.39. The summed E-state index contributed by atoms with van der Waals surface area (Å²) in [6.07, 6.45) is 3.86. The summed E-state index contributed by atoms with van der Waals surface area (Å²) < 4.78 is 10.3. The molecule has 0 rings (SSSR count). The fraction of sp³-hybridized carbons (Fsp3) is 1.00. The van der Waals surface area contributed by atoms with Crippen LogP contribution in [0.5, 0.6) is 0 Å². The molecule has 0 aliphatic rings. The molecule has 0 saturated heterocycles. The lowest BCUT2D eigenvalue weighted by atomic mass is 10.2. The van der Waals surface area contributed by atoms with E-state index in [2.05, 4.69) is 13.8 Å². The molecule has 62 valence electrons. The van der Waals surface area contributed by atoms with Crippen molar-refractivity contribution >= 4 is 10.5 Å². The van der Waals surface area contributed by atoms with Gasteiger partial charge in [-0.3, -0.25) is 0 Å². The molecule has 0 aliphatic heterocycles. The minimum Gasteiger partial charge on any atom is -0.406 e. The van der Waals surface area contributed by atoms with Crippen molar-refractivity contribution in [3.63, 3.8) is 0 Å². The highest BCUT2D eigenvalue weighted by Gasteiger charge is 2.02. The summed E-state index contributed by atoms with van der Waals surface area (Å²) in [4.78, 5) is 0. The molecule has 2 nitrogen and oxygen atoms in total. The Kier molecular flexibility index (Phi) is 7.35. The number of hydrogen-bond acceptors (Lipinski definition) is 2. The summed E-state index contributed by atoms with van der Waals surface area (Å²) in [5.41, 5.74) is 0. The summed E-state index contributed by atoms with van der Waals surface area (Å²) in [5.74, 6) is 0. The molecule has 0 bridgehead atoms. The van der Waals surface area contributed by atoms with Crippen molar-refractivity contribution < 1.29 is 9.16 Å². The summed E-state index contributed by atoms with van der Waals surface area (Å²) in [7, 11) is 0.776. The Balaban J connectivity index is 3.21. The van der Waals surface area contributed by atoms with Crippen molar-refractivity contribution in [1.29, 1.82) is 0 Å². The van der Waals surface area contributed by atoms with Gasteiger partial charge < -0.3 is 9.16 Å². The van der Waals surface area contributed by atoms with Crippen LogP contribution < -0.4 is 0 Å². The third kappa shape index (κ3) is 4.96. The van der Waals surface area contributed by atoms with Crippen LogP contribution >= 0.6 is 0 Å². The Morgan fingerprint density at radius 3 is 2.50 bits per heavy atom. The van der Waals surface area contributed by atoms with Gasteiger partial charge in [0.15, 0.2) is 0 Å². The van der Waals surface area contributed by atoms with E-state index in [1.807, 2.05) is 0 Å². The first-order valence-electron chi connectivity index (χ1n) is 3.95. The van der Waals surface area contributed by atoms with E-state index in [9.17, 15) is 0 Å². The second kappa shape index (κ2) is 7.25. The maximum absolute atomic E-state index is 5.39. The van der Waals surface area contributed by atoms with Crippen molar-refractivity contribution in [2.24, 2.45) is 0 Å². The molecule has 0 saturated carbocycles. The summed E-state index contributed by atoms with van der Waals surface area (Å²) in [6, 6.07) is 0. The monoisotopic (exact) mass is 162 g/mol. The van der Waals surface area contributed by atoms with Crippen LogP contribution in [-0.4, -0.2) is 23.4 Å². The van der Waals surface area contributed by atoms with Crippen LogP contribution in [0.3, 0.4) is 0 Å². The number of rotatable bonds is 6. The maximum Gasteiger partial charge on any atom is 0.149 e. The third-order valence-electron chi connectivity index (χ3n) is 1.49. The molecule has 0 radical (unpaired) electrons. The lowest BCUT2D eigenvalue weighted by Crippen LogP contribution is -2.13. The highest BCUT2D eigenvalue weighted by atomic mass is 28.2. The smallest absolute Gasteiger partial charge is 0.149 e. The highest BCUT2D eigenvalue weighted by Crippen LogP contribution is 2.05. The Hall–Kier alpha value is 0.137. The Bertz CT molecular complexity index is 68.6.